The number of carbonyl (C=O) groups excluding carboxylic acids is 2. The number of amides is 2. The maximum absolute atomic E-state index is 11.8. The molecule has 0 spiro atoms. The van der Waals surface area contributed by atoms with Crippen LogP contribution >= 0.6 is 22.6 Å². The summed E-state index contributed by atoms with van der Waals surface area (Å²) in [5, 5.41) is 0. The molecule has 1 aliphatic rings. The zero-order valence-electron chi connectivity index (χ0n) is 9.23. The average molecular weight is 344 g/mol. The normalized spacial score (nSPS) is 19.7. The summed E-state index contributed by atoms with van der Waals surface area (Å²) in [5.41, 5.74) is 7.28. The number of carbonyl (C=O) groups is 2. The molecule has 2 N–H and O–H groups in total. The van der Waals surface area contributed by atoms with E-state index in [1.807, 2.05) is 24.3 Å². The van der Waals surface area contributed by atoms with Gasteiger partial charge in [0.2, 0.25) is 11.8 Å². The highest BCUT2D eigenvalue weighted by atomic mass is 127. The van der Waals surface area contributed by atoms with Gasteiger partial charge in [0.25, 0.3) is 0 Å². The molecule has 1 atom stereocenters. The standard InChI is InChI=1S/C12H13IN2O2/c13-6-8-1-3-10(4-2-8)15-7-9(12(14)17)5-11(15)16/h1-4,9H,5-7H2,(H2,14,17). The summed E-state index contributed by atoms with van der Waals surface area (Å²) in [4.78, 5) is 24.5. The molecular formula is C12H13IN2O2. The Hall–Kier alpha value is -1.11. The molecule has 1 saturated heterocycles. The summed E-state index contributed by atoms with van der Waals surface area (Å²) in [5.74, 6) is -0.785. The van der Waals surface area contributed by atoms with Crippen LogP contribution in [0.4, 0.5) is 5.69 Å². The number of anilines is 1. The van der Waals surface area contributed by atoms with Crippen LogP contribution in [0.3, 0.4) is 0 Å². The van der Waals surface area contributed by atoms with Gasteiger partial charge >= 0.3 is 0 Å². The number of rotatable bonds is 3. The van der Waals surface area contributed by atoms with Gasteiger partial charge in [-0.05, 0) is 17.7 Å². The molecule has 1 fully saturated rings. The van der Waals surface area contributed by atoms with Crippen molar-refractivity contribution in [3.05, 3.63) is 29.8 Å². The Morgan fingerprint density at radius 1 is 1.41 bits per heavy atom. The lowest BCUT2D eigenvalue weighted by molar-refractivity contribution is -0.123. The smallest absolute Gasteiger partial charge is 0.227 e. The predicted octanol–water partition coefficient (Wildman–Crippen LogP) is 1.46. The predicted molar refractivity (Wildman–Crippen MR) is 73.8 cm³/mol. The van der Waals surface area contributed by atoms with Crippen molar-refractivity contribution in [1.29, 1.82) is 0 Å². The minimum absolute atomic E-state index is 0.0315. The number of nitrogens with zero attached hydrogens (tertiary/aromatic N) is 1. The van der Waals surface area contributed by atoms with Crippen LogP contribution in [0, 0.1) is 5.92 Å². The molecule has 90 valence electrons. The Morgan fingerprint density at radius 3 is 2.53 bits per heavy atom. The second-order valence-electron chi connectivity index (χ2n) is 4.11. The maximum Gasteiger partial charge on any atom is 0.227 e. The van der Waals surface area contributed by atoms with Crippen LogP contribution in [0.2, 0.25) is 0 Å². The first-order chi connectivity index (χ1) is 8.11. The fourth-order valence-electron chi connectivity index (χ4n) is 1.91. The second-order valence-corrected chi connectivity index (χ2v) is 4.87. The Balaban J connectivity index is 2.17. The minimum Gasteiger partial charge on any atom is -0.369 e. The molecule has 1 aliphatic heterocycles. The third-order valence-corrected chi connectivity index (χ3v) is 3.81. The van der Waals surface area contributed by atoms with E-state index in [-0.39, 0.29) is 18.2 Å². The summed E-state index contributed by atoms with van der Waals surface area (Å²) in [6, 6.07) is 7.81. The monoisotopic (exact) mass is 344 g/mol. The van der Waals surface area contributed by atoms with Gasteiger partial charge in [0, 0.05) is 23.1 Å². The van der Waals surface area contributed by atoms with Gasteiger partial charge in [-0.15, -0.1) is 0 Å². The maximum atomic E-state index is 11.8. The SMILES string of the molecule is NC(=O)C1CC(=O)N(c2ccc(CI)cc2)C1. The van der Waals surface area contributed by atoms with Gasteiger partial charge in [-0.2, -0.15) is 0 Å². The first-order valence-corrected chi connectivity index (χ1v) is 6.89. The van der Waals surface area contributed by atoms with E-state index in [2.05, 4.69) is 22.6 Å². The zero-order valence-corrected chi connectivity index (χ0v) is 11.4. The third-order valence-electron chi connectivity index (χ3n) is 2.93. The summed E-state index contributed by atoms with van der Waals surface area (Å²) >= 11 is 2.29. The van der Waals surface area contributed by atoms with Crippen LogP contribution < -0.4 is 10.6 Å². The van der Waals surface area contributed by atoms with Gasteiger partial charge in [0.15, 0.2) is 0 Å². The summed E-state index contributed by atoms with van der Waals surface area (Å²) in [6.45, 7) is 0.401. The molecule has 0 aliphatic carbocycles. The molecule has 1 unspecified atom stereocenters. The lowest BCUT2D eigenvalue weighted by atomic mass is 10.1. The molecule has 5 heteroatoms. The van der Waals surface area contributed by atoms with Crippen molar-refractivity contribution in [2.24, 2.45) is 11.7 Å². The van der Waals surface area contributed by atoms with E-state index in [0.29, 0.717) is 6.54 Å². The van der Waals surface area contributed by atoms with Crippen LogP contribution in [-0.2, 0) is 14.0 Å². The first kappa shape index (κ1) is 12.3. The molecule has 0 bridgehead atoms. The number of hydrogen-bond donors (Lipinski definition) is 1. The van der Waals surface area contributed by atoms with E-state index in [4.69, 9.17) is 5.73 Å². The van der Waals surface area contributed by atoms with Crippen molar-refractivity contribution in [1.82, 2.24) is 0 Å². The van der Waals surface area contributed by atoms with Crippen molar-refractivity contribution >= 4 is 40.1 Å². The van der Waals surface area contributed by atoms with Crippen LogP contribution in [0.25, 0.3) is 0 Å². The largest absolute Gasteiger partial charge is 0.369 e. The molecule has 0 radical (unpaired) electrons. The third kappa shape index (κ3) is 2.59. The molecule has 17 heavy (non-hydrogen) atoms. The van der Waals surface area contributed by atoms with Crippen molar-refractivity contribution < 1.29 is 9.59 Å². The van der Waals surface area contributed by atoms with Crippen LogP contribution in [0.1, 0.15) is 12.0 Å². The number of halogens is 1. The van der Waals surface area contributed by atoms with E-state index < -0.39 is 5.91 Å². The summed E-state index contributed by atoms with van der Waals surface area (Å²) < 4.78 is 0.940. The molecule has 1 aromatic carbocycles. The van der Waals surface area contributed by atoms with Gasteiger partial charge in [-0.1, -0.05) is 34.7 Å². The van der Waals surface area contributed by atoms with E-state index in [0.717, 1.165) is 10.1 Å². The number of primary amides is 1. The molecule has 1 heterocycles. The molecule has 2 amide bonds. The number of hydrogen-bond acceptors (Lipinski definition) is 2. The second kappa shape index (κ2) is 5.03. The highest BCUT2D eigenvalue weighted by molar-refractivity contribution is 14.1. The Morgan fingerprint density at radius 2 is 2.06 bits per heavy atom. The highest BCUT2D eigenvalue weighted by Crippen LogP contribution is 2.25. The fraction of sp³-hybridized carbons (Fsp3) is 0.333. The number of nitrogens with two attached hydrogens (primary N) is 1. The topological polar surface area (TPSA) is 63.4 Å². The van der Waals surface area contributed by atoms with Gasteiger partial charge in [-0.3, -0.25) is 9.59 Å². The van der Waals surface area contributed by atoms with E-state index in [1.54, 1.807) is 4.90 Å². The van der Waals surface area contributed by atoms with Gasteiger partial charge in [0.1, 0.15) is 0 Å². The van der Waals surface area contributed by atoms with Crippen molar-refractivity contribution in [2.45, 2.75) is 10.8 Å². The minimum atomic E-state index is -0.398. The van der Waals surface area contributed by atoms with Crippen molar-refractivity contribution in [2.75, 3.05) is 11.4 Å². The quantitative estimate of drug-likeness (QED) is 0.667. The molecule has 0 aromatic heterocycles. The molecular weight excluding hydrogens is 331 g/mol. The number of benzene rings is 1. The van der Waals surface area contributed by atoms with E-state index in [1.165, 1.54) is 5.56 Å². The highest BCUT2D eigenvalue weighted by Gasteiger charge is 2.33. The Bertz CT molecular complexity index is 444. The Kier molecular flexibility index (Phi) is 3.66. The molecule has 2 rings (SSSR count). The van der Waals surface area contributed by atoms with Crippen molar-refractivity contribution in [3.63, 3.8) is 0 Å². The van der Waals surface area contributed by atoms with Crippen molar-refractivity contribution in [3.8, 4) is 0 Å². The Labute approximate surface area is 113 Å². The van der Waals surface area contributed by atoms with Crippen LogP contribution in [-0.4, -0.2) is 18.4 Å². The van der Waals surface area contributed by atoms with Crippen LogP contribution in [0.5, 0.6) is 0 Å². The van der Waals surface area contributed by atoms with Crippen LogP contribution in [0.15, 0.2) is 24.3 Å². The summed E-state index contributed by atoms with van der Waals surface area (Å²) in [6.07, 6.45) is 0.226. The number of alkyl halides is 1. The van der Waals surface area contributed by atoms with E-state index in [9.17, 15) is 9.59 Å². The summed E-state index contributed by atoms with van der Waals surface area (Å²) in [7, 11) is 0. The zero-order chi connectivity index (χ0) is 12.4. The fourth-order valence-corrected chi connectivity index (χ4v) is 2.42. The van der Waals surface area contributed by atoms with Gasteiger partial charge in [0.05, 0.1) is 5.92 Å². The van der Waals surface area contributed by atoms with Gasteiger partial charge in [-0.25, -0.2) is 0 Å². The lowest BCUT2D eigenvalue weighted by Crippen LogP contribution is -2.28. The molecule has 1 aromatic rings. The lowest BCUT2D eigenvalue weighted by Gasteiger charge is -2.16. The molecule has 4 nitrogen and oxygen atoms in total. The van der Waals surface area contributed by atoms with E-state index >= 15 is 0 Å². The molecule has 0 saturated carbocycles. The van der Waals surface area contributed by atoms with Gasteiger partial charge < -0.3 is 10.6 Å². The first-order valence-electron chi connectivity index (χ1n) is 5.36. The average Bonchev–Trinajstić information content (AvgIpc) is 2.72.